The van der Waals surface area contributed by atoms with Crippen LogP contribution in [-0.2, 0) is 4.79 Å². The molecule has 1 aliphatic rings. The first kappa shape index (κ1) is 16.3. The number of ether oxygens (including phenoxy) is 1. The molecule has 0 heterocycles. The standard InChI is InChI=1S/C17H15ClN2O4/c18-12-6-9-15(14(10-12)20(22)23)24-16(11-4-2-1-3-5-11)17(21)19-13-7-8-13/h1-6,9-10,13,16H,7-8H2,(H,19,21)/t16-/m0/s1. The van der Waals surface area contributed by atoms with Crippen LogP contribution in [0.2, 0.25) is 5.02 Å². The maximum Gasteiger partial charge on any atom is 0.312 e. The highest BCUT2D eigenvalue weighted by atomic mass is 35.5. The van der Waals surface area contributed by atoms with E-state index in [-0.39, 0.29) is 28.4 Å². The first-order chi connectivity index (χ1) is 11.5. The third kappa shape index (κ3) is 3.83. The second kappa shape index (κ2) is 6.88. The number of amides is 1. The topological polar surface area (TPSA) is 81.5 Å². The summed E-state index contributed by atoms with van der Waals surface area (Å²) in [5, 5.41) is 14.3. The van der Waals surface area contributed by atoms with Crippen LogP contribution in [0.25, 0.3) is 0 Å². The molecule has 3 rings (SSSR count). The van der Waals surface area contributed by atoms with Crippen LogP contribution in [0.15, 0.2) is 48.5 Å². The number of nitro groups is 1. The van der Waals surface area contributed by atoms with Crippen LogP contribution in [0.5, 0.6) is 5.75 Å². The number of nitrogens with zero attached hydrogens (tertiary/aromatic N) is 1. The Morgan fingerprint density at radius 3 is 2.58 bits per heavy atom. The van der Waals surface area contributed by atoms with Crippen molar-refractivity contribution in [3.8, 4) is 5.75 Å². The fourth-order valence-corrected chi connectivity index (χ4v) is 2.43. The predicted octanol–water partition coefficient (Wildman–Crippen LogP) is 3.65. The molecule has 0 bridgehead atoms. The fourth-order valence-electron chi connectivity index (χ4n) is 2.27. The van der Waals surface area contributed by atoms with Crippen molar-refractivity contribution in [2.75, 3.05) is 0 Å². The summed E-state index contributed by atoms with van der Waals surface area (Å²) in [6.45, 7) is 0. The highest BCUT2D eigenvalue weighted by molar-refractivity contribution is 6.30. The fraction of sp³-hybridized carbons (Fsp3) is 0.235. The number of carbonyl (C=O) groups excluding carboxylic acids is 1. The van der Waals surface area contributed by atoms with E-state index >= 15 is 0 Å². The zero-order valence-corrected chi connectivity index (χ0v) is 13.4. The zero-order valence-electron chi connectivity index (χ0n) is 12.6. The molecule has 0 saturated heterocycles. The summed E-state index contributed by atoms with van der Waals surface area (Å²) in [4.78, 5) is 23.1. The van der Waals surface area contributed by atoms with Crippen LogP contribution in [-0.4, -0.2) is 16.9 Å². The van der Waals surface area contributed by atoms with Gasteiger partial charge in [-0.05, 0) is 25.0 Å². The summed E-state index contributed by atoms with van der Waals surface area (Å²) in [7, 11) is 0. The molecule has 1 saturated carbocycles. The van der Waals surface area contributed by atoms with Crippen molar-refractivity contribution in [1.82, 2.24) is 5.32 Å². The van der Waals surface area contributed by atoms with Gasteiger partial charge in [-0.3, -0.25) is 14.9 Å². The van der Waals surface area contributed by atoms with Crippen LogP contribution in [0.1, 0.15) is 24.5 Å². The van der Waals surface area contributed by atoms with Gasteiger partial charge in [0.2, 0.25) is 6.10 Å². The van der Waals surface area contributed by atoms with E-state index in [1.807, 2.05) is 6.07 Å². The van der Waals surface area contributed by atoms with Crippen molar-refractivity contribution in [2.45, 2.75) is 25.0 Å². The van der Waals surface area contributed by atoms with E-state index in [0.29, 0.717) is 5.56 Å². The van der Waals surface area contributed by atoms with Crippen LogP contribution >= 0.6 is 11.6 Å². The first-order valence-corrected chi connectivity index (χ1v) is 7.88. The van der Waals surface area contributed by atoms with Gasteiger partial charge in [-0.25, -0.2) is 0 Å². The minimum absolute atomic E-state index is 0.00389. The van der Waals surface area contributed by atoms with Gasteiger partial charge in [-0.2, -0.15) is 0 Å². The summed E-state index contributed by atoms with van der Waals surface area (Å²) in [5.74, 6) is -0.308. The van der Waals surface area contributed by atoms with Gasteiger partial charge in [0.05, 0.1) is 4.92 Å². The molecule has 0 spiro atoms. The summed E-state index contributed by atoms with van der Waals surface area (Å²) in [6.07, 6.45) is 0.912. The predicted molar refractivity (Wildman–Crippen MR) is 89.1 cm³/mol. The largest absolute Gasteiger partial charge is 0.469 e. The first-order valence-electron chi connectivity index (χ1n) is 7.50. The zero-order chi connectivity index (χ0) is 17.1. The van der Waals surface area contributed by atoms with Crippen molar-refractivity contribution in [2.24, 2.45) is 0 Å². The van der Waals surface area contributed by atoms with Crippen molar-refractivity contribution >= 4 is 23.2 Å². The molecule has 124 valence electrons. The van der Waals surface area contributed by atoms with Gasteiger partial charge in [0.1, 0.15) is 0 Å². The van der Waals surface area contributed by atoms with E-state index in [4.69, 9.17) is 16.3 Å². The van der Waals surface area contributed by atoms with Crippen molar-refractivity contribution in [3.05, 3.63) is 69.2 Å². The number of hydrogen-bond acceptors (Lipinski definition) is 4. The lowest BCUT2D eigenvalue weighted by Crippen LogP contribution is -2.34. The van der Waals surface area contributed by atoms with E-state index in [9.17, 15) is 14.9 Å². The Morgan fingerprint density at radius 1 is 1.25 bits per heavy atom. The molecule has 1 fully saturated rings. The lowest BCUT2D eigenvalue weighted by Gasteiger charge is -2.19. The molecule has 2 aromatic rings. The Morgan fingerprint density at radius 2 is 1.96 bits per heavy atom. The van der Waals surface area contributed by atoms with Gasteiger partial charge >= 0.3 is 5.69 Å². The second-order valence-electron chi connectivity index (χ2n) is 5.56. The van der Waals surface area contributed by atoms with Crippen LogP contribution in [0.4, 0.5) is 5.69 Å². The summed E-state index contributed by atoms with van der Waals surface area (Å²) >= 11 is 5.81. The van der Waals surface area contributed by atoms with Crippen LogP contribution in [0.3, 0.4) is 0 Å². The molecule has 1 aliphatic carbocycles. The van der Waals surface area contributed by atoms with Gasteiger partial charge in [0.15, 0.2) is 5.75 Å². The van der Waals surface area contributed by atoms with E-state index < -0.39 is 11.0 Å². The van der Waals surface area contributed by atoms with Gasteiger partial charge in [-0.1, -0.05) is 41.9 Å². The van der Waals surface area contributed by atoms with Crippen molar-refractivity contribution < 1.29 is 14.5 Å². The lowest BCUT2D eigenvalue weighted by atomic mass is 10.1. The molecule has 0 aliphatic heterocycles. The highest BCUT2D eigenvalue weighted by Crippen LogP contribution is 2.34. The minimum atomic E-state index is -0.966. The Bertz CT molecular complexity index is 762. The molecule has 1 N–H and O–H groups in total. The number of carbonyl (C=O) groups is 1. The van der Waals surface area contributed by atoms with E-state index in [1.165, 1.54) is 18.2 Å². The molecule has 1 atom stereocenters. The average Bonchev–Trinajstić information content (AvgIpc) is 3.38. The molecule has 0 unspecified atom stereocenters. The minimum Gasteiger partial charge on any atom is -0.469 e. The molecule has 7 heteroatoms. The van der Waals surface area contributed by atoms with E-state index in [1.54, 1.807) is 24.3 Å². The molecule has 2 aromatic carbocycles. The van der Waals surface area contributed by atoms with Gasteiger partial charge in [-0.15, -0.1) is 0 Å². The van der Waals surface area contributed by atoms with Gasteiger partial charge < -0.3 is 10.1 Å². The number of halogens is 1. The smallest absolute Gasteiger partial charge is 0.312 e. The average molecular weight is 347 g/mol. The Kier molecular flexibility index (Phi) is 4.66. The SMILES string of the molecule is O=C(NC1CC1)[C@@H](Oc1ccc(Cl)cc1[N+](=O)[O-])c1ccccc1. The van der Waals surface area contributed by atoms with E-state index in [0.717, 1.165) is 12.8 Å². The molecular weight excluding hydrogens is 332 g/mol. The monoisotopic (exact) mass is 346 g/mol. The van der Waals surface area contributed by atoms with Crippen molar-refractivity contribution in [3.63, 3.8) is 0 Å². The number of benzene rings is 2. The summed E-state index contributed by atoms with van der Waals surface area (Å²) in [6, 6.07) is 13.1. The van der Waals surface area contributed by atoms with Crippen molar-refractivity contribution in [1.29, 1.82) is 0 Å². The normalized spacial score (nSPS) is 14.7. The third-order valence-corrected chi connectivity index (χ3v) is 3.86. The third-order valence-electron chi connectivity index (χ3n) is 3.63. The maximum atomic E-state index is 12.5. The van der Waals surface area contributed by atoms with Crippen LogP contribution < -0.4 is 10.1 Å². The lowest BCUT2D eigenvalue weighted by molar-refractivity contribution is -0.386. The Labute approximate surface area is 143 Å². The highest BCUT2D eigenvalue weighted by Gasteiger charge is 2.31. The summed E-state index contributed by atoms with van der Waals surface area (Å²) in [5.41, 5.74) is 0.350. The van der Waals surface area contributed by atoms with Gasteiger partial charge in [0.25, 0.3) is 5.91 Å². The number of nitrogens with one attached hydrogen (secondary N) is 1. The summed E-state index contributed by atoms with van der Waals surface area (Å²) < 4.78 is 5.73. The Balaban J connectivity index is 1.92. The van der Waals surface area contributed by atoms with E-state index in [2.05, 4.69) is 5.32 Å². The van der Waals surface area contributed by atoms with Gasteiger partial charge in [0, 0.05) is 22.7 Å². The Hall–Kier alpha value is -2.60. The number of nitro benzene ring substituents is 1. The van der Waals surface area contributed by atoms with Crippen LogP contribution in [0, 0.1) is 10.1 Å². The second-order valence-corrected chi connectivity index (χ2v) is 6.00. The molecule has 6 nitrogen and oxygen atoms in total. The molecule has 24 heavy (non-hydrogen) atoms. The quantitative estimate of drug-likeness (QED) is 0.639. The molecular formula is C17H15ClN2O4. The molecule has 0 aromatic heterocycles. The maximum absolute atomic E-state index is 12.5. The molecule has 1 amide bonds. The number of rotatable bonds is 6. The molecule has 0 radical (unpaired) electrons. The number of hydrogen-bond donors (Lipinski definition) is 1.